The third kappa shape index (κ3) is 5.72. The molecule has 0 aromatic carbocycles. The van der Waals surface area contributed by atoms with E-state index < -0.39 is 55.0 Å². The van der Waals surface area contributed by atoms with E-state index in [1.807, 2.05) is 0 Å². The highest BCUT2D eigenvalue weighted by atomic mass is 19.4. The molecule has 0 radical (unpaired) electrons. The van der Waals surface area contributed by atoms with Crippen LogP contribution in [-0.2, 0) is 33.4 Å². The van der Waals surface area contributed by atoms with Crippen LogP contribution >= 0.6 is 0 Å². The smallest absolute Gasteiger partial charge is 0.449 e. The lowest BCUT2D eigenvalue weighted by Crippen LogP contribution is -2.66. The van der Waals surface area contributed by atoms with Gasteiger partial charge >= 0.3 is 35.9 Å². The fourth-order valence-electron chi connectivity index (χ4n) is 2.45. The predicted octanol–water partition coefficient (Wildman–Crippen LogP) is 2.81. The highest BCUT2D eigenvalue weighted by molar-refractivity contribution is 5.88. The molecule has 7 nitrogen and oxygen atoms in total. The number of Topliss-reactive ketones (excluding diaryl/α,β-unsaturated/α-hetero) is 1. The van der Waals surface area contributed by atoms with Crippen molar-refractivity contribution in [2.24, 2.45) is 5.92 Å². The molecule has 1 fully saturated rings. The third-order valence-electron chi connectivity index (χ3n) is 4.11. The van der Waals surface area contributed by atoms with Crippen molar-refractivity contribution in [1.29, 1.82) is 0 Å². The van der Waals surface area contributed by atoms with E-state index in [-0.39, 0.29) is 37.0 Å². The fourth-order valence-corrected chi connectivity index (χ4v) is 2.45. The minimum Gasteiger partial charge on any atom is -0.459 e. The van der Waals surface area contributed by atoms with Crippen molar-refractivity contribution in [2.75, 3.05) is 13.2 Å². The summed E-state index contributed by atoms with van der Waals surface area (Å²) in [4.78, 5) is 46.1. The van der Waals surface area contributed by atoms with E-state index >= 15 is 0 Å². The minimum absolute atomic E-state index is 0.110. The minimum atomic E-state index is -6.41. The van der Waals surface area contributed by atoms with Crippen molar-refractivity contribution in [3.05, 3.63) is 12.2 Å². The largest absolute Gasteiger partial charge is 0.459 e. The second-order valence-electron chi connectivity index (χ2n) is 6.46. The van der Waals surface area contributed by atoms with Gasteiger partial charge in [-0.25, -0.2) is 9.59 Å². The lowest BCUT2D eigenvalue weighted by atomic mass is 9.88. The van der Waals surface area contributed by atoms with Gasteiger partial charge in [-0.1, -0.05) is 6.58 Å². The van der Waals surface area contributed by atoms with Gasteiger partial charge in [-0.15, -0.1) is 0 Å². The zero-order valence-electron chi connectivity index (χ0n) is 15.7. The number of carbonyl (C=O) groups excluding carboxylic acids is 4. The van der Waals surface area contributed by atoms with E-state index in [0.29, 0.717) is 0 Å². The topological polar surface area (TPSA) is 96.0 Å². The summed E-state index contributed by atoms with van der Waals surface area (Å²) in [6, 6.07) is 0. The Hall–Kier alpha value is -2.60. The molecule has 1 aliphatic carbocycles. The van der Waals surface area contributed by atoms with Crippen LogP contribution in [0.5, 0.6) is 0 Å². The van der Waals surface area contributed by atoms with Gasteiger partial charge < -0.3 is 14.2 Å². The van der Waals surface area contributed by atoms with Crippen LogP contribution in [0, 0.1) is 5.92 Å². The Bertz CT molecular complexity index is 686. The summed E-state index contributed by atoms with van der Waals surface area (Å²) in [6.07, 6.45) is -13.9. The lowest BCUT2D eigenvalue weighted by molar-refractivity contribution is -0.360. The number of rotatable bonds is 7. The molecule has 0 N–H and O–H groups in total. The maximum atomic E-state index is 13.4. The summed E-state index contributed by atoms with van der Waals surface area (Å²) in [7, 11) is 0. The molecule has 0 aromatic rings. The van der Waals surface area contributed by atoms with E-state index in [9.17, 15) is 45.5 Å². The SMILES string of the molecule is C=C(C)C(=O)OCCOC(=O)C(OC(=O)C1CCC(=O)CC1)(C(F)(F)F)C(F)(F)F. The number of alkyl halides is 6. The summed E-state index contributed by atoms with van der Waals surface area (Å²) in [5.74, 6) is -7.60. The first-order valence-electron chi connectivity index (χ1n) is 8.51. The molecule has 170 valence electrons. The van der Waals surface area contributed by atoms with Gasteiger partial charge in [0.25, 0.3) is 0 Å². The van der Waals surface area contributed by atoms with E-state index in [1.54, 1.807) is 0 Å². The summed E-state index contributed by atoms with van der Waals surface area (Å²) in [5, 5.41) is 0. The molecule has 0 atom stereocenters. The summed E-state index contributed by atoms with van der Waals surface area (Å²) >= 11 is 0. The van der Waals surface area contributed by atoms with Crippen molar-refractivity contribution in [1.82, 2.24) is 0 Å². The molecule has 30 heavy (non-hydrogen) atoms. The predicted molar refractivity (Wildman–Crippen MR) is 84.6 cm³/mol. The molecular weight excluding hydrogens is 430 g/mol. The molecule has 1 rings (SSSR count). The fraction of sp³-hybridized carbons (Fsp3) is 0.647. The van der Waals surface area contributed by atoms with E-state index in [1.165, 1.54) is 6.92 Å². The Morgan fingerprint density at radius 3 is 1.87 bits per heavy atom. The second-order valence-corrected chi connectivity index (χ2v) is 6.46. The number of ketones is 1. The van der Waals surface area contributed by atoms with Crippen LogP contribution in [0.2, 0.25) is 0 Å². The van der Waals surface area contributed by atoms with Gasteiger partial charge in [0.1, 0.15) is 19.0 Å². The molecule has 1 aliphatic rings. The quantitative estimate of drug-likeness (QED) is 0.194. The average Bonchev–Trinajstić information content (AvgIpc) is 2.60. The summed E-state index contributed by atoms with van der Waals surface area (Å²) < 4.78 is 92.5. The van der Waals surface area contributed by atoms with E-state index in [0.717, 1.165) is 0 Å². The molecule has 1 saturated carbocycles. The molecule has 13 heteroatoms. The van der Waals surface area contributed by atoms with E-state index in [2.05, 4.69) is 20.8 Å². The van der Waals surface area contributed by atoms with E-state index in [4.69, 9.17) is 0 Å². The summed E-state index contributed by atoms with van der Waals surface area (Å²) in [6.45, 7) is 2.40. The van der Waals surface area contributed by atoms with Gasteiger partial charge in [-0.3, -0.25) is 9.59 Å². The first kappa shape index (κ1) is 25.4. The van der Waals surface area contributed by atoms with Crippen LogP contribution in [-0.4, -0.2) is 54.9 Å². The summed E-state index contributed by atoms with van der Waals surface area (Å²) in [5.41, 5.74) is -5.68. The van der Waals surface area contributed by atoms with Crippen LogP contribution in [0.3, 0.4) is 0 Å². The number of esters is 3. The van der Waals surface area contributed by atoms with Crippen molar-refractivity contribution in [3.63, 3.8) is 0 Å². The molecule has 0 spiro atoms. The maximum Gasteiger partial charge on any atom is 0.449 e. The maximum absolute atomic E-state index is 13.4. The molecule has 0 saturated heterocycles. The second kappa shape index (κ2) is 9.47. The Kier molecular flexibility index (Phi) is 8.03. The Balaban J connectivity index is 3.04. The molecular formula is C17H18F6O7. The highest BCUT2D eigenvalue weighted by Crippen LogP contribution is 2.47. The number of halogens is 6. The Labute approximate surface area is 166 Å². The van der Waals surface area contributed by atoms with Crippen molar-refractivity contribution in [3.8, 4) is 0 Å². The zero-order valence-corrected chi connectivity index (χ0v) is 15.7. The third-order valence-corrected chi connectivity index (χ3v) is 4.11. The molecule has 0 aromatic heterocycles. The van der Waals surface area contributed by atoms with Gasteiger partial charge in [0.2, 0.25) is 0 Å². The van der Waals surface area contributed by atoms with Gasteiger partial charge in [-0.2, -0.15) is 26.3 Å². The molecule has 0 amide bonds. The zero-order chi connectivity index (χ0) is 23.3. The first-order valence-corrected chi connectivity index (χ1v) is 8.51. The number of hydrogen-bond acceptors (Lipinski definition) is 7. The lowest BCUT2D eigenvalue weighted by Gasteiger charge is -2.35. The van der Waals surface area contributed by atoms with Crippen LogP contribution in [0.25, 0.3) is 0 Å². The monoisotopic (exact) mass is 448 g/mol. The van der Waals surface area contributed by atoms with Gasteiger partial charge in [0, 0.05) is 18.4 Å². The van der Waals surface area contributed by atoms with Crippen LogP contribution in [0.1, 0.15) is 32.6 Å². The van der Waals surface area contributed by atoms with Crippen molar-refractivity contribution < 1.29 is 59.7 Å². The molecule has 0 unspecified atom stereocenters. The van der Waals surface area contributed by atoms with Crippen molar-refractivity contribution in [2.45, 2.75) is 50.6 Å². The number of hydrogen-bond donors (Lipinski definition) is 0. The van der Waals surface area contributed by atoms with Crippen LogP contribution in [0.15, 0.2) is 12.2 Å². The van der Waals surface area contributed by atoms with Gasteiger partial charge in [-0.05, 0) is 19.8 Å². The Morgan fingerprint density at radius 1 is 0.967 bits per heavy atom. The number of ether oxygens (including phenoxy) is 3. The molecule has 0 bridgehead atoms. The van der Waals surface area contributed by atoms with Gasteiger partial charge in [0.05, 0.1) is 5.92 Å². The average molecular weight is 448 g/mol. The standard InChI is InChI=1S/C17H18F6O7/c1-9(2)12(25)28-7-8-29-14(27)15(16(18,19)20,17(21,22)23)30-13(26)10-3-5-11(24)6-4-10/h10H,1,3-8H2,2H3. The van der Waals surface area contributed by atoms with Crippen LogP contribution < -0.4 is 0 Å². The molecule has 0 heterocycles. The molecule has 0 aliphatic heterocycles. The normalized spacial score (nSPS) is 16.0. The number of carbonyl (C=O) groups is 4. The van der Waals surface area contributed by atoms with Crippen molar-refractivity contribution >= 4 is 23.7 Å². The van der Waals surface area contributed by atoms with Gasteiger partial charge in [0.15, 0.2) is 0 Å². The van der Waals surface area contributed by atoms with Crippen LogP contribution in [0.4, 0.5) is 26.3 Å². The first-order chi connectivity index (χ1) is 13.6. The highest BCUT2D eigenvalue weighted by Gasteiger charge is 2.80. The Morgan fingerprint density at radius 2 is 1.43 bits per heavy atom.